The summed E-state index contributed by atoms with van der Waals surface area (Å²) in [4.78, 5) is 39.9. The van der Waals surface area contributed by atoms with Gasteiger partial charge in [0.25, 0.3) is 11.7 Å². The van der Waals surface area contributed by atoms with E-state index in [1.54, 1.807) is 49.4 Å². The third-order valence-electron chi connectivity index (χ3n) is 6.10. The predicted octanol–water partition coefficient (Wildman–Crippen LogP) is 5.39. The summed E-state index contributed by atoms with van der Waals surface area (Å²) in [5, 5.41) is 11.5. The van der Waals surface area contributed by atoms with Crippen molar-refractivity contribution in [2.75, 3.05) is 18.6 Å². The van der Waals surface area contributed by atoms with Crippen LogP contribution in [0.3, 0.4) is 0 Å². The van der Waals surface area contributed by atoms with Crippen molar-refractivity contribution in [2.24, 2.45) is 0 Å². The van der Waals surface area contributed by atoms with Gasteiger partial charge in [0.15, 0.2) is 0 Å². The Labute approximate surface area is 219 Å². The first kappa shape index (κ1) is 26.0. The molecule has 1 fully saturated rings. The van der Waals surface area contributed by atoms with Gasteiger partial charge in [-0.3, -0.25) is 19.3 Å². The zero-order chi connectivity index (χ0) is 26.7. The summed E-state index contributed by atoms with van der Waals surface area (Å²) in [5.74, 6) is -1.86. The number of anilines is 1. The number of rotatable bonds is 7. The molecule has 4 rings (SSSR count). The lowest BCUT2D eigenvalue weighted by Gasteiger charge is -2.26. The van der Waals surface area contributed by atoms with E-state index in [0.717, 1.165) is 5.56 Å². The van der Waals surface area contributed by atoms with Crippen LogP contribution in [0, 0.1) is 6.92 Å². The first-order valence-corrected chi connectivity index (χ1v) is 12.1. The molecule has 1 amide bonds. The Balaban J connectivity index is 1.82. The van der Waals surface area contributed by atoms with E-state index in [1.807, 2.05) is 25.1 Å². The third kappa shape index (κ3) is 5.22. The molecule has 0 aliphatic carbocycles. The van der Waals surface area contributed by atoms with Crippen LogP contribution in [-0.4, -0.2) is 36.5 Å². The fraction of sp³-hybridized carbons (Fsp3) is 0.207. The summed E-state index contributed by atoms with van der Waals surface area (Å²) in [6.07, 6.45) is 0.0898. The predicted molar refractivity (Wildman–Crippen MR) is 141 cm³/mol. The van der Waals surface area contributed by atoms with Crippen molar-refractivity contribution in [3.8, 4) is 5.75 Å². The van der Waals surface area contributed by atoms with Crippen molar-refractivity contribution in [3.05, 3.63) is 99.6 Å². The number of hydrogen-bond donors (Lipinski definition) is 1. The van der Waals surface area contributed by atoms with Crippen molar-refractivity contribution in [3.63, 3.8) is 0 Å². The second kappa shape index (κ2) is 10.9. The zero-order valence-corrected chi connectivity index (χ0v) is 21.4. The van der Waals surface area contributed by atoms with Gasteiger partial charge in [-0.15, -0.1) is 0 Å². The van der Waals surface area contributed by atoms with Crippen LogP contribution in [-0.2, 0) is 25.5 Å². The second-order valence-corrected chi connectivity index (χ2v) is 8.99. The Hall–Kier alpha value is -4.10. The van der Waals surface area contributed by atoms with E-state index in [0.29, 0.717) is 22.6 Å². The summed E-state index contributed by atoms with van der Waals surface area (Å²) in [6, 6.07) is 17.9. The molecule has 0 bridgehead atoms. The molecule has 7 nitrogen and oxygen atoms in total. The van der Waals surface area contributed by atoms with Crippen molar-refractivity contribution in [2.45, 2.75) is 26.3 Å². The maximum atomic E-state index is 13.3. The first-order chi connectivity index (χ1) is 17.7. The first-order valence-electron chi connectivity index (χ1n) is 11.7. The van der Waals surface area contributed by atoms with E-state index in [-0.39, 0.29) is 40.9 Å². The van der Waals surface area contributed by atoms with Crippen LogP contribution in [0.4, 0.5) is 5.69 Å². The van der Waals surface area contributed by atoms with Gasteiger partial charge in [-0.25, -0.2) is 0 Å². The number of halogens is 1. The molecule has 0 aromatic heterocycles. The summed E-state index contributed by atoms with van der Waals surface area (Å²) in [7, 11) is 1.47. The molecule has 0 spiro atoms. The molecule has 37 heavy (non-hydrogen) atoms. The highest BCUT2D eigenvalue weighted by atomic mass is 35.5. The largest absolute Gasteiger partial charge is 0.507 e. The van der Waals surface area contributed by atoms with Crippen molar-refractivity contribution in [1.82, 2.24) is 0 Å². The SMILES string of the molecule is CCOC(=O)Cc1ccc(N2C(=O)C(=O)/C(=C(\O)c3ccc(OC)c(Cl)c3)C2c2cccc(C)c2)cc1. The van der Waals surface area contributed by atoms with Gasteiger partial charge >= 0.3 is 5.97 Å². The van der Waals surface area contributed by atoms with E-state index in [2.05, 4.69) is 0 Å². The van der Waals surface area contributed by atoms with E-state index < -0.39 is 17.7 Å². The maximum absolute atomic E-state index is 13.3. The Kier molecular flexibility index (Phi) is 7.64. The smallest absolute Gasteiger partial charge is 0.310 e. The number of amides is 1. The lowest BCUT2D eigenvalue weighted by atomic mass is 9.94. The van der Waals surface area contributed by atoms with Crippen LogP contribution >= 0.6 is 11.6 Å². The number of ketones is 1. The number of methoxy groups -OCH3 is 1. The standard InChI is InChI=1S/C29H26ClNO6/c1-4-37-24(32)15-18-8-11-21(12-9-18)31-26(19-7-5-6-17(2)14-19)25(28(34)29(31)35)27(33)20-10-13-23(36-3)22(30)16-20/h5-14,16,26,33H,4,15H2,1-3H3/b27-25-. The van der Waals surface area contributed by atoms with Crippen LogP contribution in [0.5, 0.6) is 5.75 Å². The molecule has 8 heteroatoms. The molecule has 3 aromatic rings. The molecule has 1 heterocycles. The zero-order valence-electron chi connectivity index (χ0n) is 20.7. The van der Waals surface area contributed by atoms with Crippen molar-refractivity contribution >= 4 is 40.7 Å². The molecule has 0 saturated carbocycles. The minimum absolute atomic E-state index is 0.0487. The van der Waals surface area contributed by atoms with Crippen LogP contribution < -0.4 is 9.64 Å². The number of Topliss-reactive ketones (excluding diaryl/α,β-unsaturated/α-hetero) is 1. The number of carbonyl (C=O) groups excluding carboxylic acids is 3. The van der Waals surface area contributed by atoms with Crippen molar-refractivity contribution in [1.29, 1.82) is 0 Å². The molecule has 0 radical (unpaired) electrons. The number of esters is 1. The van der Waals surface area contributed by atoms with Gasteiger partial charge in [-0.2, -0.15) is 0 Å². The molecule has 190 valence electrons. The van der Waals surface area contributed by atoms with Gasteiger partial charge in [0.2, 0.25) is 0 Å². The summed E-state index contributed by atoms with van der Waals surface area (Å²) in [6.45, 7) is 3.93. The number of benzene rings is 3. The molecule has 1 aliphatic rings. The number of nitrogens with zero attached hydrogens (tertiary/aromatic N) is 1. The Morgan fingerprint density at radius 3 is 2.41 bits per heavy atom. The topological polar surface area (TPSA) is 93.1 Å². The lowest BCUT2D eigenvalue weighted by Crippen LogP contribution is -2.29. The fourth-order valence-corrected chi connectivity index (χ4v) is 4.63. The van der Waals surface area contributed by atoms with Gasteiger partial charge in [-0.05, 0) is 55.3 Å². The maximum Gasteiger partial charge on any atom is 0.310 e. The number of aryl methyl sites for hydroxylation is 1. The molecular weight excluding hydrogens is 494 g/mol. The Morgan fingerprint density at radius 1 is 1.05 bits per heavy atom. The Bertz CT molecular complexity index is 1400. The van der Waals surface area contributed by atoms with Gasteiger partial charge in [-0.1, -0.05) is 53.6 Å². The van der Waals surface area contributed by atoms with E-state index in [9.17, 15) is 19.5 Å². The molecular formula is C29H26ClNO6. The quantitative estimate of drug-likeness (QED) is 0.195. The van der Waals surface area contributed by atoms with Gasteiger partial charge in [0.1, 0.15) is 11.5 Å². The molecule has 3 aromatic carbocycles. The second-order valence-electron chi connectivity index (χ2n) is 8.58. The highest BCUT2D eigenvalue weighted by Gasteiger charge is 2.47. The number of hydrogen-bond acceptors (Lipinski definition) is 6. The average molecular weight is 520 g/mol. The summed E-state index contributed by atoms with van der Waals surface area (Å²) >= 11 is 6.26. The minimum Gasteiger partial charge on any atom is -0.507 e. The summed E-state index contributed by atoms with van der Waals surface area (Å²) in [5.41, 5.74) is 2.99. The van der Waals surface area contributed by atoms with E-state index >= 15 is 0 Å². The van der Waals surface area contributed by atoms with Gasteiger partial charge < -0.3 is 14.6 Å². The van der Waals surface area contributed by atoms with E-state index in [1.165, 1.54) is 18.1 Å². The van der Waals surface area contributed by atoms with Crippen LogP contribution in [0.25, 0.3) is 5.76 Å². The lowest BCUT2D eigenvalue weighted by molar-refractivity contribution is -0.142. The minimum atomic E-state index is -0.878. The number of carbonyl (C=O) groups is 3. The molecule has 1 unspecified atom stereocenters. The number of aliphatic hydroxyl groups is 1. The summed E-state index contributed by atoms with van der Waals surface area (Å²) < 4.78 is 10.2. The monoisotopic (exact) mass is 519 g/mol. The van der Waals surface area contributed by atoms with Crippen LogP contribution in [0.2, 0.25) is 5.02 Å². The molecule has 1 atom stereocenters. The van der Waals surface area contributed by atoms with Crippen LogP contribution in [0.15, 0.2) is 72.3 Å². The Morgan fingerprint density at radius 2 is 1.78 bits per heavy atom. The number of aliphatic hydroxyl groups excluding tert-OH is 1. The molecule has 1 saturated heterocycles. The highest BCUT2D eigenvalue weighted by Crippen LogP contribution is 2.43. The van der Waals surface area contributed by atoms with Crippen molar-refractivity contribution < 1.29 is 29.0 Å². The third-order valence-corrected chi connectivity index (χ3v) is 6.39. The van der Waals surface area contributed by atoms with E-state index in [4.69, 9.17) is 21.1 Å². The number of ether oxygens (including phenoxy) is 2. The molecule has 1 aliphatic heterocycles. The van der Waals surface area contributed by atoms with Gasteiger partial charge in [0, 0.05) is 11.3 Å². The molecule has 1 N–H and O–H groups in total. The normalized spacial score (nSPS) is 16.6. The highest BCUT2D eigenvalue weighted by molar-refractivity contribution is 6.51. The van der Waals surface area contributed by atoms with Crippen LogP contribution in [0.1, 0.15) is 35.2 Å². The van der Waals surface area contributed by atoms with Gasteiger partial charge in [0.05, 0.1) is 36.8 Å². The fourth-order valence-electron chi connectivity index (χ4n) is 4.38. The average Bonchev–Trinajstić information content (AvgIpc) is 3.14.